The summed E-state index contributed by atoms with van der Waals surface area (Å²) < 4.78 is 0. The Morgan fingerprint density at radius 3 is 2.65 bits per heavy atom. The number of amidine groups is 1. The third-order valence-electron chi connectivity index (χ3n) is 2.94. The molecule has 3 heteroatoms. The molecule has 0 saturated heterocycles. The second-order valence-corrected chi connectivity index (χ2v) is 7.12. The molecule has 17 heavy (non-hydrogen) atoms. The molecule has 1 heterocycles. The zero-order chi connectivity index (χ0) is 12.7. The van der Waals surface area contributed by atoms with E-state index in [2.05, 4.69) is 38.0 Å². The first kappa shape index (κ1) is 14.9. The molecule has 1 rings (SSSR count). The van der Waals surface area contributed by atoms with Gasteiger partial charge in [-0.2, -0.15) is 0 Å². The highest BCUT2D eigenvalue weighted by molar-refractivity contribution is 8.14. The van der Waals surface area contributed by atoms with E-state index in [4.69, 9.17) is 0 Å². The number of hydrogen-bond donors (Lipinski definition) is 1. The molecule has 0 aromatic rings. The van der Waals surface area contributed by atoms with Crippen LogP contribution in [0.2, 0.25) is 0 Å². The lowest BCUT2D eigenvalue weighted by atomic mass is 10.1. The summed E-state index contributed by atoms with van der Waals surface area (Å²) in [6, 6.07) is 0. The molecule has 0 saturated carbocycles. The van der Waals surface area contributed by atoms with Crippen LogP contribution in [0.15, 0.2) is 4.99 Å². The molecule has 100 valence electrons. The molecule has 0 amide bonds. The molecule has 0 spiro atoms. The second kappa shape index (κ2) is 8.02. The summed E-state index contributed by atoms with van der Waals surface area (Å²) in [7, 11) is 0. The first-order chi connectivity index (χ1) is 8.08. The number of nitrogens with zero attached hydrogens (tertiary/aromatic N) is 1. The maximum Gasteiger partial charge on any atom is 0.156 e. The average Bonchev–Trinajstić information content (AvgIpc) is 2.63. The predicted octanol–water partition coefficient (Wildman–Crippen LogP) is 3.92. The van der Waals surface area contributed by atoms with Gasteiger partial charge in [0, 0.05) is 11.8 Å². The Labute approximate surface area is 111 Å². The summed E-state index contributed by atoms with van der Waals surface area (Å²) in [6.45, 7) is 11.3. The molecular formula is C14H28N2S. The summed E-state index contributed by atoms with van der Waals surface area (Å²) in [5.41, 5.74) is 0. The molecule has 1 aliphatic heterocycles. The van der Waals surface area contributed by atoms with Crippen molar-refractivity contribution >= 4 is 16.9 Å². The Morgan fingerprint density at radius 1 is 1.24 bits per heavy atom. The van der Waals surface area contributed by atoms with Crippen LogP contribution >= 0.6 is 11.8 Å². The van der Waals surface area contributed by atoms with E-state index >= 15 is 0 Å². The van der Waals surface area contributed by atoms with Crippen molar-refractivity contribution in [2.75, 3.05) is 13.1 Å². The van der Waals surface area contributed by atoms with Crippen molar-refractivity contribution in [3.63, 3.8) is 0 Å². The van der Waals surface area contributed by atoms with E-state index in [-0.39, 0.29) is 0 Å². The van der Waals surface area contributed by atoms with Gasteiger partial charge in [-0.3, -0.25) is 4.99 Å². The molecule has 0 fully saturated rings. The standard InChI is InChI=1S/C14H28N2S/c1-11(2)7-5-6-8-15-14-16-10-13(17-14)9-12(3)4/h11-13H,5-10H2,1-4H3,(H,15,16). The minimum absolute atomic E-state index is 0.716. The minimum Gasteiger partial charge on any atom is -0.365 e. The summed E-state index contributed by atoms with van der Waals surface area (Å²) >= 11 is 1.94. The van der Waals surface area contributed by atoms with Gasteiger partial charge in [0.2, 0.25) is 0 Å². The maximum atomic E-state index is 4.57. The topological polar surface area (TPSA) is 24.4 Å². The average molecular weight is 256 g/mol. The van der Waals surface area contributed by atoms with Crippen LogP contribution in [0.5, 0.6) is 0 Å². The van der Waals surface area contributed by atoms with Gasteiger partial charge < -0.3 is 5.32 Å². The van der Waals surface area contributed by atoms with Gasteiger partial charge >= 0.3 is 0 Å². The number of nitrogens with one attached hydrogen (secondary N) is 1. The van der Waals surface area contributed by atoms with Crippen LogP contribution in [0.25, 0.3) is 0 Å². The molecular weight excluding hydrogens is 228 g/mol. The molecule has 0 aromatic heterocycles. The van der Waals surface area contributed by atoms with Gasteiger partial charge in [-0.25, -0.2) is 0 Å². The van der Waals surface area contributed by atoms with Gasteiger partial charge in [0.1, 0.15) is 0 Å². The summed E-state index contributed by atoms with van der Waals surface area (Å²) in [5, 5.41) is 5.37. The van der Waals surface area contributed by atoms with Crippen LogP contribution in [0.3, 0.4) is 0 Å². The number of rotatable bonds is 7. The first-order valence-electron chi connectivity index (χ1n) is 7.03. The van der Waals surface area contributed by atoms with Crippen molar-refractivity contribution in [2.45, 2.75) is 58.6 Å². The van der Waals surface area contributed by atoms with Gasteiger partial charge in [0.05, 0.1) is 6.54 Å². The van der Waals surface area contributed by atoms with E-state index < -0.39 is 0 Å². The molecule has 1 unspecified atom stereocenters. The van der Waals surface area contributed by atoms with Crippen LogP contribution in [-0.2, 0) is 0 Å². The third kappa shape index (κ3) is 6.97. The van der Waals surface area contributed by atoms with E-state index in [9.17, 15) is 0 Å². The summed E-state index contributed by atoms with van der Waals surface area (Å²) in [6.07, 6.45) is 5.23. The van der Waals surface area contributed by atoms with Crippen LogP contribution < -0.4 is 5.32 Å². The molecule has 0 aliphatic carbocycles. The highest BCUT2D eigenvalue weighted by atomic mass is 32.2. The Kier molecular flexibility index (Phi) is 7.02. The number of unbranched alkanes of at least 4 members (excludes halogenated alkanes) is 1. The van der Waals surface area contributed by atoms with Gasteiger partial charge in [-0.15, -0.1) is 0 Å². The molecule has 2 nitrogen and oxygen atoms in total. The highest BCUT2D eigenvalue weighted by Crippen LogP contribution is 2.25. The normalized spacial score (nSPS) is 20.1. The number of thioether (sulfide) groups is 1. The highest BCUT2D eigenvalue weighted by Gasteiger charge is 2.19. The Bertz CT molecular complexity index is 236. The first-order valence-corrected chi connectivity index (χ1v) is 7.91. The fraction of sp³-hybridized carbons (Fsp3) is 0.929. The largest absolute Gasteiger partial charge is 0.365 e. The van der Waals surface area contributed by atoms with Gasteiger partial charge in [0.15, 0.2) is 5.17 Å². The van der Waals surface area contributed by atoms with Crippen LogP contribution in [0.1, 0.15) is 53.4 Å². The summed E-state index contributed by atoms with van der Waals surface area (Å²) in [5.74, 6) is 1.62. The van der Waals surface area contributed by atoms with Crippen molar-refractivity contribution in [2.24, 2.45) is 16.8 Å². The lowest BCUT2D eigenvalue weighted by Crippen LogP contribution is -2.21. The maximum absolute atomic E-state index is 4.57. The minimum atomic E-state index is 0.716. The molecule has 1 N–H and O–H groups in total. The Hall–Kier alpha value is -0.180. The van der Waals surface area contributed by atoms with Crippen molar-refractivity contribution in [1.82, 2.24) is 5.32 Å². The molecule has 0 bridgehead atoms. The van der Waals surface area contributed by atoms with E-state index in [1.165, 1.54) is 30.9 Å². The fourth-order valence-electron chi connectivity index (χ4n) is 2.04. The molecule has 1 atom stereocenters. The van der Waals surface area contributed by atoms with E-state index in [1.807, 2.05) is 11.8 Å². The van der Waals surface area contributed by atoms with Crippen LogP contribution in [-0.4, -0.2) is 23.5 Å². The second-order valence-electron chi connectivity index (χ2n) is 5.83. The van der Waals surface area contributed by atoms with Gasteiger partial charge in [-0.1, -0.05) is 52.3 Å². The zero-order valence-corrected chi connectivity index (χ0v) is 12.6. The van der Waals surface area contributed by atoms with E-state index in [0.29, 0.717) is 5.25 Å². The molecule has 0 radical (unpaired) electrons. The van der Waals surface area contributed by atoms with Gasteiger partial charge in [0.25, 0.3) is 0 Å². The van der Waals surface area contributed by atoms with Crippen molar-refractivity contribution in [1.29, 1.82) is 0 Å². The van der Waals surface area contributed by atoms with E-state index in [1.54, 1.807) is 0 Å². The van der Waals surface area contributed by atoms with E-state index in [0.717, 1.165) is 24.9 Å². The number of hydrogen-bond acceptors (Lipinski definition) is 3. The van der Waals surface area contributed by atoms with Crippen LogP contribution in [0, 0.1) is 11.8 Å². The quantitative estimate of drug-likeness (QED) is 0.698. The van der Waals surface area contributed by atoms with Crippen molar-refractivity contribution < 1.29 is 0 Å². The number of aliphatic imine (C=N–C) groups is 1. The Balaban J connectivity index is 2.02. The smallest absolute Gasteiger partial charge is 0.156 e. The van der Waals surface area contributed by atoms with Crippen molar-refractivity contribution in [3.05, 3.63) is 0 Å². The fourth-order valence-corrected chi connectivity index (χ4v) is 3.32. The Morgan fingerprint density at radius 2 is 2.00 bits per heavy atom. The van der Waals surface area contributed by atoms with Gasteiger partial charge in [-0.05, 0) is 24.7 Å². The van der Waals surface area contributed by atoms with Crippen LogP contribution in [0.4, 0.5) is 0 Å². The zero-order valence-electron chi connectivity index (χ0n) is 11.8. The summed E-state index contributed by atoms with van der Waals surface area (Å²) in [4.78, 5) is 4.57. The SMILES string of the molecule is CC(C)CCCCNC1=NCC(CC(C)C)S1. The molecule has 1 aliphatic rings. The lowest BCUT2D eigenvalue weighted by molar-refractivity contribution is 0.536. The molecule has 0 aromatic carbocycles. The lowest BCUT2D eigenvalue weighted by Gasteiger charge is -2.11. The van der Waals surface area contributed by atoms with Crippen molar-refractivity contribution in [3.8, 4) is 0 Å². The third-order valence-corrected chi connectivity index (χ3v) is 4.11. The monoisotopic (exact) mass is 256 g/mol. The predicted molar refractivity (Wildman–Crippen MR) is 79.8 cm³/mol.